The monoisotopic (exact) mass is 279 g/mol. The van der Waals surface area contributed by atoms with Gasteiger partial charge in [0.25, 0.3) is 5.69 Å². The Balaban J connectivity index is 2.90. The number of nitrogens with two attached hydrogens (primary N) is 1. The molecular formula is C10H12F3N3O3. The number of nitrogens with zero attached hydrogens (tertiary/aromatic N) is 1. The number of nitrogen functional groups attached to an aromatic ring is 1. The average molecular weight is 279 g/mol. The van der Waals surface area contributed by atoms with Gasteiger partial charge in [-0.15, -0.1) is 0 Å². The molecule has 0 aliphatic rings. The van der Waals surface area contributed by atoms with Crippen LogP contribution in [0.3, 0.4) is 0 Å². The Labute approximate surface area is 106 Å². The van der Waals surface area contributed by atoms with Crippen molar-refractivity contribution in [2.75, 3.05) is 5.43 Å². The van der Waals surface area contributed by atoms with E-state index in [-0.39, 0.29) is 16.9 Å². The zero-order valence-electron chi connectivity index (χ0n) is 9.90. The Kier molecular flexibility index (Phi) is 4.67. The molecule has 0 aliphatic heterocycles. The first-order valence-electron chi connectivity index (χ1n) is 5.18. The standard InChI is InChI=1S/C10H12F3N3O3/c1-6(10(11,12)13)19-5-7-3-2-4-8(16(17)18)9(7)15-14/h2-4,6,15H,5,14H2,1H3. The van der Waals surface area contributed by atoms with Crippen molar-refractivity contribution >= 4 is 11.4 Å². The van der Waals surface area contributed by atoms with Crippen molar-refractivity contribution in [1.29, 1.82) is 0 Å². The van der Waals surface area contributed by atoms with E-state index in [1.54, 1.807) is 0 Å². The zero-order chi connectivity index (χ0) is 14.6. The molecule has 0 aromatic heterocycles. The highest BCUT2D eigenvalue weighted by Gasteiger charge is 2.37. The normalized spacial score (nSPS) is 13.1. The van der Waals surface area contributed by atoms with Gasteiger partial charge in [-0.05, 0) is 6.92 Å². The largest absolute Gasteiger partial charge is 0.414 e. The van der Waals surface area contributed by atoms with E-state index in [0.717, 1.165) is 6.92 Å². The molecule has 106 valence electrons. The molecule has 6 nitrogen and oxygen atoms in total. The van der Waals surface area contributed by atoms with Gasteiger partial charge in [0.15, 0.2) is 6.10 Å². The summed E-state index contributed by atoms with van der Waals surface area (Å²) in [5.74, 6) is 5.15. The molecule has 0 amide bonds. The zero-order valence-corrected chi connectivity index (χ0v) is 9.90. The smallest absolute Gasteiger partial charge is 0.364 e. The van der Waals surface area contributed by atoms with E-state index >= 15 is 0 Å². The van der Waals surface area contributed by atoms with E-state index in [1.165, 1.54) is 18.2 Å². The first kappa shape index (κ1) is 15.2. The molecule has 19 heavy (non-hydrogen) atoms. The molecule has 1 rings (SSSR count). The number of hydrazine groups is 1. The Morgan fingerprint density at radius 2 is 2.16 bits per heavy atom. The van der Waals surface area contributed by atoms with E-state index in [2.05, 4.69) is 10.2 Å². The molecule has 1 aromatic rings. The van der Waals surface area contributed by atoms with Gasteiger partial charge in [-0.2, -0.15) is 13.2 Å². The molecular weight excluding hydrogens is 267 g/mol. The van der Waals surface area contributed by atoms with Crippen molar-refractivity contribution in [3.05, 3.63) is 33.9 Å². The Morgan fingerprint density at radius 3 is 2.63 bits per heavy atom. The van der Waals surface area contributed by atoms with Crippen molar-refractivity contribution in [2.45, 2.75) is 25.8 Å². The van der Waals surface area contributed by atoms with Crippen molar-refractivity contribution in [3.8, 4) is 0 Å². The van der Waals surface area contributed by atoms with Gasteiger partial charge in [-0.1, -0.05) is 12.1 Å². The van der Waals surface area contributed by atoms with E-state index in [4.69, 9.17) is 5.84 Å². The van der Waals surface area contributed by atoms with Gasteiger partial charge < -0.3 is 10.2 Å². The minimum Gasteiger partial charge on any atom is -0.364 e. The molecule has 0 radical (unpaired) electrons. The summed E-state index contributed by atoms with van der Waals surface area (Å²) >= 11 is 0. The summed E-state index contributed by atoms with van der Waals surface area (Å²) in [6, 6.07) is 3.92. The molecule has 1 aromatic carbocycles. The van der Waals surface area contributed by atoms with Gasteiger partial charge in [-0.3, -0.25) is 16.0 Å². The van der Waals surface area contributed by atoms with Gasteiger partial charge in [0.1, 0.15) is 5.69 Å². The Hall–Kier alpha value is -1.87. The second kappa shape index (κ2) is 5.85. The molecule has 0 spiro atoms. The van der Waals surface area contributed by atoms with Crippen molar-refractivity contribution in [3.63, 3.8) is 0 Å². The second-order valence-electron chi connectivity index (χ2n) is 3.71. The molecule has 0 fully saturated rings. The fraction of sp³-hybridized carbons (Fsp3) is 0.400. The number of rotatable bonds is 5. The second-order valence-corrected chi connectivity index (χ2v) is 3.71. The Bertz CT molecular complexity index is 465. The first-order valence-corrected chi connectivity index (χ1v) is 5.18. The van der Waals surface area contributed by atoms with Gasteiger partial charge in [0.2, 0.25) is 0 Å². The highest BCUT2D eigenvalue weighted by Crippen LogP contribution is 2.29. The number of nitrogens with one attached hydrogen (secondary N) is 1. The molecule has 0 saturated carbocycles. The molecule has 9 heteroatoms. The molecule has 0 saturated heterocycles. The number of hydrogen-bond acceptors (Lipinski definition) is 5. The van der Waals surface area contributed by atoms with E-state index in [1.807, 2.05) is 0 Å². The fourth-order valence-corrected chi connectivity index (χ4v) is 1.33. The number of anilines is 1. The molecule has 1 atom stereocenters. The summed E-state index contributed by atoms with van der Waals surface area (Å²) in [7, 11) is 0. The summed E-state index contributed by atoms with van der Waals surface area (Å²) in [5.41, 5.74) is 1.88. The lowest BCUT2D eigenvalue weighted by Crippen LogP contribution is -2.28. The summed E-state index contributed by atoms with van der Waals surface area (Å²) in [5, 5.41) is 10.7. The number of benzene rings is 1. The van der Waals surface area contributed by atoms with Crippen LogP contribution in [-0.2, 0) is 11.3 Å². The molecule has 0 aliphatic carbocycles. The highest BCUT2D eigenvalue weighted by atomic mass is 19.4. The van der Waals surface area contributed by atoms with Gasteiger partial charge >= 0.3 is 6.18 Å². The minimum atomic E-state index is -4.49. The number of hydrogen-bond donors (Lipinski definition) is 2. The van der Waals surface area contributed by atoms with Crippen LogP contribution in [0, 0.1) is 10.1 Å². The third kappa shape index (κ3) is 3.80. The van der Waals surface area contributed by atoms with Crippen LogP contribution in [0.1, 0.15) is 12.5 Å². The number of alkyl halides is 3. The number of nitro benzene ring substituents is 1. The van der Waals surface area contributed by atoms with Gasteiger partial charge in [0, 0.05) is 11.6 Å². The van der Waals surface area contributed by atoms with Crippen LogP contribution in [0.2, 0.25) is 0 Å². The topological polar surface area (TPSA) is 90.4 Å². The third-order valence-electron chi connectivity index (χ3n) is 2.42. The lowest BCUT2D eigenvalue weighted by atomic mass is 10.1. The van der Waals surface area contributed by atoms with Crippen LogP contribution in [0.15, 0.2) is 18.2 Å². The van der Waals surface area contributed by atoms with Crippen molar-refractivity contribution in [1.82, 2.24) is 0 Å². The van der Waals surface area contributed by atoms with Crippen LogP contribution in [0.4, 0.5) is 24.5 Å². The maximum absolute atomic E-state index is 12.3. The summed E-state index contributed by atoms with van der Waals surface area (Å²) in [6.07, 6.45) is -6.46. The number of ether oxygens (including phenoxy) is 1. The number of para-hydroxylation sites is 1. The number of nitro groups is 1. The van der Waals surface area contributed by atoms with Crippen LogP contribution in [0.25, 0.3) is 0 Å². The Morgan fingerprint density at radius 1 is 1.53 bits per heavy atom. The van der Waals surface area contributed by atoms with Gasteiger partial charge in [0.05, 0.1) is 11.5 Å². The van der Waals surface area contributed by atoms with Crippen LogP contribution < -0.4 is 11.3 Å². The molecule has 1 unspecified atom stereocenters. The van der Waals surface area contributed by atoms with Crippen LogP contribution in [-0.4, -0.2) is 17.2 Å². The lowest BCUT2D eigenvalue weighted by Gasteiger charge is -2.17. The maximum atomic E-state index is 12.3. The third-order valence-corrected chi connectivity index (χ3v) is 2.42. The summed E-state index contributed by atoms with van der Waals surface area (Å²) in [4.78, 5) is 10.0. The number of halogens is 3. The van der Waals surface area contributed by atoms with Crippen molar-refractivity contribution in [2.24, 2.45) is 5.84 Å². The maximum Gasteiger partial charge on any atom is 0.414 e. The molecule has 3 N–H and O–H groups in total. The average Bonchev–Trinajstić information content (AvgIpc) is 2.33. The minimum absolute atomic E-state index is 0.0677. The van der Waals surface area contributed by atoms with Crippen LogP contribution in [0.5, 0.6) is 0 Å². The predicted molar refractivity (Wildman–Crippen MR) is 61.2 cm³/mol. The summed E-state index contributed by atoms with van der Waals surface area (Å²) < 4.78 is 41.4. The quantitative estimate of drug-likeness (QED) is 0.490. The fourth-order valence-electron chi connectivity index (χ4n) is 1.33. The first-order chi connectivity index (χ1) is 8.77. The van der Waals surface area contributed by atoms with Crippen LogP contribution >= 0.6 is 0 Å². The van der Waals surface area contributed by atoms with E-state index < -0.39 is 23.8 Å². The highest BCUT2D eigenvalue weighted by molar-refractivity contribution is 5.65. The molecule has 0 bridgehead atoms. The predicted octanol–water partition coefficient (Wildman–Crippen LogP) is 2.35. The lowest BCUT2D eigenvalue weighted by molar-refractivity contribution is -0.384. The van der Waals surface area contributed by atoms with E-state index in [9.17, 15) is 23.3 Å². The van der Waals surface area contributed by atoms with Gasteiger partial charge in [-0.25, -0.2) is 0 Å². The SMILES string of the molecule is CC(OCc1cccc([N+](=O)[O-])c1NN)C(F)(F)F. The van der Waals surface area contributed by atoms with E-state index in [0.29, 0.717) is 0 Å². The summed E-state index contributed by atoms with van der Waals surface area (Å²) in [6.45, 7) is 0.411. The van der Waals surface area contributed by atoms with Crippen molar-refractivity contribution < 1.29 is 22.8 Å². The molecule has 0 heterocycles.